The average Bonchev–Trinajstić information content (AvgIpc) is 2.88. The zero-order chi connectivity index (χ0) is 30.8. The predicted molar refractivity (Wildman–Crippen MR) is 181 cm³/mol. The molecular weight excluding hydrogens is 458 g/mol. The van der Waals surface area contributed by atoms with E-state index in [1.165, 1.54) is 39.1 Å². The Labute approximate surface area is 238 Å². The summed E-state index contributed by atoms with van der Waals surface area (Å²) in [7, 11) is 0. The smallest absolute Gasteiger partial charge is 0.0398 e. The minimum absolute atomic E-state index is 0.924. The van der Waals surface area contributed by atoms with E-state index in [0.717, 1.165) is 36.1 Å². The number of hydrogen-bond acceptors (Lipinski definition) is 1. The molecule has 1 aliphatic carbocycles. The molecule has 0 aromatic heterocycles. The van der Waals surface area contributed by atoms with E-state index in [0.29, 0.717) is 0 Å². The van der Waals surface area contributed by atoms with Gasteiger partial charge < -0.3 is 5.32 Å². The fourth-order valence-electron chi connectivity index (χ4n) is 2.41. The lowest BCUT2D eigenvalue weighted by atomic mass is 9.90. The number of hydrogen-bond donors (Lipinski definition) is 1. The molecule has 2 rings (SSSR count). The normalized spacial score (nSPS) is 10.8. The Morgan fingerprint density at radius 1 is 0.895 bits per heavy atom. The lowest BCUT2D eigenvalue weighted by molar-refractivity contribution is 0.734. The van der Waals surface area contributed by atoms with Crippen LogP contribution in [0.1, 0.15) is 86.8 Å². The van der Waals surface area contributed by atoms with Gasteiger partial charge in [-0.2, -0.15) is 0 Å². The monoisotopic (exact) mass is 517 g/mol. The van der Waals surface area contributed by atoms with Gasteiger partial charge in [0.2, 0.25) is 0 Å². The van der Waals surface area contributed by atoms with Crippen molar-refractivity contribution in [1.29, 1.82) is 0 Å². The Hall–Kier alpha value is -3.32. The standard InChI is InChI=1S/C15H19N.C10H14.2C4H8.C2H6.C2H4/c1-4-13-6-5-7-14(9-13)10-16-15-8-11(2)12(15)3;1-6-9(4)7-10(5)8(2)3;2*1-4(2)3;2*1-2/h5-7,9,16H,2,4,8,10H2,1,3H3;6-7H,1-2,5H2,3-4H3;2*1H2,2-3H3;1-2H3;1-2H2/b;9-7+;;;;. The van der Waals surface area contributed by atoms with Crippen molar-refractivity contribution >= 4 is 0 Å². The van der Waals surface area contributed by atoms with Crippen molar-refractivity contribution in [2.75, 3.05) is 0 Å². The molecular formula is C37H59N. The van der Waals surface area contributed by atoms with Gasteiger partial charge in [0.05, 0.1) is 0 Å². The van der Waals surface area contributed by atoms with Crippen molar-refractivity contribution in [3.05, 3.63) is 145 Å². The first-order valence-electron chi connectivity index (χ1n) is 13.3. The molecule has 0 amide bonds. The third-order valence-corrected chi connectivity index (χ3v) is 4.55. The van der Waals surface area contributed by atoms with Crippen molar-refractivity contribution in [2.45, 2.75) is 88.6 Å². The zero-order valence-electron chi connectivity index (χ0n) is 26.7. The summed E-state index contributed by atoms with van der Waals surface area (Å²) in [5.74, 6) is 0. The molecule has 1 aromatic rings. The van der Waals surface area contributed by atoms with Gasteiger partial charge in [0.15, 0.2) is 0 Å². The van der Waals surface area contributed by atoms with Gasteiger partial charge in [0.25, 0.3) is 0 Å². The van der Waals surface area contributed by atoms with Crippen LogP contribution in [0.3, 0.4) is 0 Å². The van der Waals surface area contributed by atoms with E-state index in [1.807, 2.05) is 61.5 Å². The highest BCUT2D eigenvalue weighted by molar-refractivity contribution is 5.44. The highest BCUT2D eigenvalue weighted by Crippen LogP contribution is 2.30. The van der Waals surface area contributed by atoms with Crippen LogP contribution in [-0.2, 0) is 13.0 Å². The van der Waals surface area contributed by atoms with Gasteiger partial charge >= 0.3 is 0 Å². The molecule has 1 N–H and O–H groups in total. The molecule has 1 aromatic carbocycles. The lowest BCUT2D eigenvalue weighted by Gasteiger charge is -2.25. The number of allylic oxidation sites excluding steroid dienone is 9. The molecule has 0 heterocycles. The second-order valence-electron chi connectivity index (χ2n) is 9.22. The number of aryl methyl sites for hydroxylation is 1. The minimum atomic E-state index is 0.924. The largest absolute Gasteiger partial charge is 0.384 e. The van der Waals surface area contributed by atoms with Crippen LogP contribution in [0.2, 0.25) is 0 Å². The van der Waals surface area contributed by atoms with E-state index >= 15 is 0 Å². The first-order valence-corrected chi connectivity index (χ1v) is 13.3. The molecule has 0 atom stereocenters. The number of benzene rings is 1. The summed E-state index contributed by atoms with van der Waals surface area (Å²) in [6.07, 6.45) is 5.90. The van der Waals surface area contributed by atoms with Crippen LogP contribution < -0.4 is 5.32 Å². The Bertz CT molecular complexity index is 927. The second kappa shape index (κ2) is 26.7. The van der Waals surface area contributed by atoms with Gasteiger partial charge in [0, 0.05) is 18.7 Å². The maximum absolute atomic E-state index is 3.98. The van der Waals surface area contributed by atoms with E-state index in [4.69, 9.17) is 0 Å². The van der Waals surface area contributed by atoms with Gasteiger partial charge in [0.1, 0.15) is 0 Å². The van der Waals surface area contributed by atoms with E-state index in [2.05, 4.69) is 96.1 Å². The molecule has 0 radical (unpaired) electrons. The summed E-state index contributed by atoms with van der Waals surface area (Å²) in [6, 6.07) is 8.77. The van der Waals surface area contributed by atoms with E-state index in [1.54, 1.807) is 6.08 Å². The first-order chi connectivity index (χ1) is 17.7. The van der Waals surface area contributed by atoms with Crippen molar-refractivity contribution in [3.8, 4) is 0 Å². The van der Waals surface area contributed by atoms with Crippen LogP contribution in [0.4, 0.5) is 0 Å². The minimum Gasteiger partial charge on any atom is -0.384 e. The first kappa shape index (κ1) is 41.8. The maximum atomic E-state index is 3.98. The van der Waals surface area contributed by atoms with Gasteiger partial charge in [-0.1, -0.05) is 106 Å². The Morgan fingerprint density at radius 2 is 1.34 bits per heavy atom. The lowest BCUT2D eigenvalue weighted by Crippen LogP contribution is -2.21. The van der Waals surface area contributed by atoms with Crippen molar-refractivity contribution in [3.63, 3.8) is 0 Å². The highest BCUT2D eigenvalue weighted by Gasteiger charge is 2.16. The van der Waals surface area contributed by atoms with E-state index < -0.39 is 0 Å². The quantitative estimate of drug-likeness (QED) is 0.280. The Balaban J connectivity index is -0.000000225. The van der Waals surface area contributed by atoms with Crippen LogP contribution in [0.15, 0.2) is 134 Å². The molecule has 1 aliphatic rings. The molecule has 0 saturated heterocycles. The molecule has 0 fully saturated rings. The molecule has 0 saturated carbocycles. The maximum Gasteiger partial charge on any atom is 0.0398 e. The van der Waals surface area contributed by atoms with Gasteiger partial charge in [-0.15, -0.1) is 26.3 Å². The summed E-state index contributed by atoms with van der Waals surface area (Å²) in [5, 5.41) is 3.49. The van der Waals surface area contributed by atoms with Crippen molar-refractivity contribution < 1.29 is 0 Å². The summed E-state index contributed by atoms with van der Waals surface area (Å²) < 4.78 is 0. The molecule has 1 heteroatoms. The third kappa shape index (κ3) is 25.8. The molecule has 0 aliphatic heterocycles. The van der Waals surface area contributed by atoms with Gasteiger partial charge in [-0.05, 0) is 82.7 Å². The molecule has 0 spiro atoms. The van der Waals surface area contributed by atoms with Crippen molar-refractivity contribution in [1.82, 2.24) is 5.32 Å². The van der Waals surface area contributed by atoms with E-state index in [-0.39, 0.29) is 0 Å². The van der Waals surface area contributed by atoms with Crippen LogP contribution >= 0.6 is 0 Å². The molecule has 1 nitrogen and oxygen atoms in total. The summed E-state index contributed by atoms with van der Waals surface area (Å²) in [4.78, 5) is 0. The summed E-state index contributed by atoms with van der Waals surface area (Å²) >= 11 is 0. The van der Waals surface area contributed by atoms with Gasteiger partial charge in [-0.25, -0.2) is 0 Å². The topological polar surface area (TPSA) is 12.0 Å². The van der Waals surface area contributed by atoms with E-state index in [9.17, 15) is 0 Å². The predicted octanol–water partition coefficient (Wildman–Crippen LogP) is 11.8. The SMILES string of the molecule is C=C.C=C(C)C.C=C(C)C.C=C/C(C)=C/C(=C)C(=C)C.C=C1CC(NCc2cccc(CC)c2)=C1C.CC. The van der Waals surface area contributed by atoms with Crippen LogP contribution in [0, 0.1) is 0 Å². The van der Waals surface area contributed by atoms with Crippen LogP contribution in [-0.4, -0.2) is 0 Å². The molecule has 0 bridgehead atoms. The number of nitrogens with one attached hydrogen (secondary N) is 1. The molecule has 212 valence electrons. The molecule has 0 unspecified atom stereocenters. The van der Waals surface area contributed by atoms with Gasteiger partial charge in [-0.3, -0.25) is 0 Å². The Morgan fingerprint density at radius 3 is 1.68 bits per heavy atom. The number of rotatable bonds is 7. The van der Waals surface area contributed by atoms with Crippen LogP contribution in [0.5, 0.6) is 0 Å². The second-order valence-corrected chi connectivity index (χ2v) is 9.22. The summed E-state index contributed by atoms with van der Waals surface area (Å²) in [6.45, 7) is 49.4. The Kier molecular flexibility index (Phi) is 29.4. The van der Waals surface area contributed by atoms with Crippen molar-refractivity contribution in [2.24, 2.45) is 0 Å². The third-order valence-electron chi connectivity index (χ3n) is 4.55. The fourth-order valence-corrected chi connectivity index (χ4v) is 2.41. The zero-order valence-corrected chi connectivity index (χ0v) is 26.7. The average molecular weight is 518 g/mol. The molecule has 38 heavy (non-hydrogen) atoms. The van der Waals surface area contributed by atoms with Crippen LogP contribution in [0.25, 0.3) is 0 Å². The highest BCUT2D eigenvalue weighted by atomic mass is 14.9. The summed E-state index contributed by atoms with van der Waals surface area (Å²) in [5.41, 5.74) is 12.1. The fraction of sp³-hybridized carbons (Fsp3) is 0.351.